The van der Waals surface area contributed by atoms with Crippen molar-refractivity contribution in [2.45, 2.75) is 26.5 Å². The van der Waals surface area contributed by atoms with E-state index in [1.165, 1.54) is 0 Å². The molecule has 1 aromatic rings. The zero-order valence-corrected chi connectivity index (χ0v) is 6.16. The molecule has 0 radical (unpaired) electrons. The fraction of sp³-hybridized carbons (Fsp3) is 0.571. The predicted octanol–water partition coefficient (Wildman–Crippen LogP) is 0.972. The third-order valence-electron chi connectivity index (χ3n) is 1.62. The SMILES string of the molecule is Cc1cn2c(n1)O[C@@H](C)C2. The summed E-state index contributed by atoms with van der Waals surface area (Å²) in [5.41, 5.74) is 1.03. The van der Waals surface area contributed by atoms with Crippen molar-refractivity contribution in [2.75, 3.05) is 0 Å². The van der Waals surface area contributed by atoms with Gasteiger partial charge in [0.15, 0.2) is 0 Å². The normalized spacial score (nSPS) is 22.4. The molecule has 2 heterocycles. The summed E-state index contributed by atoms with van der Waals surface area (Å²) < 4.78 is 7.42. The number of ether oxygens (including phenoxy) is 1. The Kier molecular flexibility index (Phi) is 1.01. The van der Waals surface area contributed by atoms with Gasteiger partial charge in [0.05, 0.1) is 12.2 Å². The maximum atomic E-state index is 5.38. The Morgan fingerprint density at radius 1 is 1.80 bits per heavy atom. The Hall–Kier alpha value is -0.990. The van der Waals surface area contributed by atoms with Crippen molar-refractivity contribution in [3.8, 4) is 6.01 Å². The summed E-state index contributed by atoms with van der Waals surface area (Å²) in [7, 11) is 0. The maximum absolute atomic E-state index is 5.38. The number of hydrogen-bond donors (Lipinski definition) is 0. The molecule has 0 amide bonds. The van der Waals surface area contributed by atoms with Gasteiger partial charge in [-0.05, 0) is 13.8 Å². The van der Waals surface area contributed by atoms with Gasteiger partial charge in [0.25, 0.3) is 6.01 Å². The van der Waals surface area contributed by atoms with Crippen molar-refractivity contribution in [2.24, 2.45) is 0 Å². The van der Waals surface area contributed by atoms with E-state index >= 15 is 0 Å². The van der Waals surface area contributed by atoms with E-state index in [9.17, 15) is 0 Å². The smallest absolute Gasteiger partial charge is 0.296 e. The topological polar surface area (TPSA) is 27.1 Å². The summed E-state index contributed by atoms with van der Waals surface area (Å²) in [4.78, 5) is 4.18. The van der Waals surface area contributed by atoms with E-state index in [0.29, 0.717) is 6.10 Å². The van der Waals surface area contributed by atoms with Crippen molar-refractivity contribution in [1.29, 1.82) is 0 Å². The fourth-order valence-corrected chi connectivity index (χ4v) is 1.24. The summed E-state index contributed by atoms with van der Waals surface area (Å²) in [6.45, 7) is 4.96. The molecule has 0 aromatic carbocycles. The Morgan fingerprint density at radius 2 is 2.60 bits per heavy atom. The van der Waals surface area contributed by atoms with Gasteiger partial charge in [-0.2, -0.15) is 0 Å². The molecule has 10 heavy (non-hydrogen) atoms. The molecule has 3 heteroatoms. The van der Waals surface area contributed by atoms with Crippen LogP contribution in [0.25, 0.3) is 0 Å². The minimum Gasteiger partial charge on any atom is -0.460 e. The van der Waals surface area contributed by atoms with Crippen molar-refractivity contribution in [3.05, 3.63) is 11.9 Å². The second-order valence-electron chi connectivity index (χ2n) is 2.75. The predicted molar refractivity (Wildman–Crippen MR) is 37.1 cm³/mol. The van der Waals surface area contributed by atoms with E-state index < -0.39 is 0 Å². The lowest BCUT2D eigenvalue weighted by molar-refractivity contribution is 0.245. The van der Waals surface area contributed by atoms with Crippen molar-refractivity contribution < 1.29 is 4.74 Å². The van der Waals surface area contributed by atoms with Gasteiger partial charge in [0.2, 0.25) is 0 Å². The minimum atomic E-state index is 0.295. The van der Waals surface area contributed by atoms with Gasteiger partial charge in [-0.1, -0.05) is 0 Å². The standard InChI is InChI=1S/C7H10N2O/c1-5-3-9-4-6(2)10-7(9)8-5/h3,6H,4H2,1-2H3/t6-/m0/s1. The number of rotatable bonds is 0. The first-order valence-corrected chi connectivity index (χ1v) is 3.46. The number of nitrogens with zero attached hydrogens (tertiary/aromatic N) is 2. The summed E-state index contributed by atoms with van der Waals surface area (Å²) in [5.74, 6) is 0. The monoisotopic (exact) mass is 138 g/mol. The first-order chi connectivity index (χ1) is 4.75. The largest absolute Gasteiger partial charge is 0.460 e. The molecule has 0 fully saturated rings. The fourth-order valence-electron chi connectivity index (χ4n) is 1.24. The molecule has 54 valence electrons. The number of imidazole rings is 1. The average molecular weight is 138 g/mol. The van der Waals surface area contributed by atoms with E-state index in [4.69, 9.17) is 4.74 Å². The first kappa shape index (κ1) is 5.77. The molecule has 2 rings (SSSR count). The van der Waals surface area contributed by atoms with E-state index in [1.807, 2.05) is 24.6 Å². The first-order valence-electron chi connectivity index (χ1n) is 3.46. The quantitative estimate of drug-likeness (QED) is 0.534. The van der Waals surface area contributed by atoms with Crippen LogP contribution in [0.4, 0.5) is 0 Å². The van der Waals surface area contributed by atoms with E-state index in [1.54, 1.807) is 0 Å². The minimum absolute atomic E-state index is 0.295. The zero-order chi connectivity index (χ0) is 7.14. The third kappa shape index (κ3) is 0.701. The van der Waals surface area contributed by atoms with Gasteiger partial charge in [-0.25, -0.2) is 4.98 Å². The lowest BCUT2D eigenvalue weighted by Crippen LogP contribution is -2.08. The highest BCUT2D eigenvalue weighted by atomic mass is 16.5. The van der Waals surface area contributed by atoms with Crippen LogP contribution in [-0.4, -0.2) is 15.7 Å². The van der Waals surface area contributed by atoms with Crippen LogP contribution >= 0.6 is 0 Å². The van der Waals surface area contributed by atoms with Crippen LogP contribution in [0.5, 0.6) is 6.01 Å². The number of fused-ring (bicyclic) bond motifs is 1. The van der Waals surface area contributed by atoms with E-state index in [0.717, 1.165) is 18.2 Å². The second kappa shape index (κ2) is 1.75. The zero-order valence-electron chi connectivity index (χ0n) is 6.16. The molecule has 0 saturated heterocycles. The maximum Gasteiger partial charge on any atom is 0.296 e. The Balaban J connectivity index is 2.39. The van der Waals surface area contributed by atoms with Gasteiger partial charge >= 0.3 is 0 Å². The highest BCUT2D eigenvalue weighted by Crippen LogP contribution is 2.19. The summed E-state index contributed by atoms with van der Waals surface area (Å²) in [6.07, 6.45) is 2.31. The van der Waals surface area contributed by atoms with E-state index in [-0.39, 0.29) is 0 Å². The average Bonchev–Trinajstić information content (AvgIpc) is 2.21. The Morgan fingerprint density at radius 3 is 3.30 bits per heavy atom. The molecule has 0 bridgehead atoms. The van der Waals surface area contributed by atoms with Gasteiger partial charge in [-0.15, -0.1) is 0 Å². The van der Waals surface area contributed by atoms with Crippen LogP contribution in [0.2, 0.25) is 0 Å². The molecule has 1 aliphatic rings. The highest BCUT2D eigenvalue weighted by Gasteiger charge is 2.19. The molecule has 1 aromatic heterocycles. The molecule has 3 nitrogen and oxygen atoms in total. The molecule has 0 saturated carbocycles. The van der Waals surface area contributed by atoms with Crippen LogP contribution in [-0.2, 0) is 6.54 Å². The van der Waals surface area contributed by atoms with Crippen LogP contribution in [0.3, 0.4) is 0 Å². The van der Waals surface area contributed by atoms with Gasteiger partial charge < -0.3 is 4.74 Å². The highest BCUT2D eigenvalue weighted by molar-refractivity contribution is 5.10. The van der Waals surface area contributed by atoms with Crippen molar-refractivity contribution in [1.82, 2.24) is 9.55 Å². The summed E-state index contributed by atoms with van der Waals surface area (Å²) in [5, 5.41) is 0. The molecule has 1 atom stereocenters. The molecule has 0 unspecified atom stereocenters. The number of aryl methyl sites for hydroxylation is 1. The number of hydrogen-bond acceptors (Lipinski definition) is 2. The molecule has 0 spiro atoms. The van der Waals surface area contributed by atoms with Crippen LogP contribution in [0.1, 0.15) is 12.6 Å². The molecule has 0 N–H and O–H groups in total. The lowest BCUT2D eigenvalue weighted by atomic mass is 10.4. The molecule has 0 aliphatic carbocycles. The summed E-state index contributed by atoms with van der Waals surface area (Å²) >= 11 is 0. The van der Waals surface area contributed by atoms with Gasteiger partial charge in [-0.3, -0.25) is 4.57 Å². The lowest BCUT2D eigenvalue weighted by Gasteiger charge is -1.97. The third-order valence-corrected chi connectivity index (χ3v) is 1.62. The van der Waals surface area contributed by atoms with Crippen LogP contribution < -0.4 is 4.74 Å². The Bertz CT molecular complexity index is 231. The van der Waals surface area contributed by atoms with Crippen LogP contribution in [0.15, 0.2) is 6.20 Å². The Labute approximate surface area is 59.6 Å². The van der Waals surface area contributed by atoms with Gasteiger partial charge in [0, 0.05) is 6.20 Å². The van der Waals surface area contributed by atoms with Crippen molar-refractivity contribution >= 4 is 0 Å². The molecule has 1 aliphatic heterocycles. The van der Waals surface area contributed by atoms with Crippen molar-refractivity contribution in [3.63, 3.8) is 0 Å². The summed E-state index contributed by atoms with van der Waals surface area (Å²) in [6, 6.07) is 0.769. The van der Waals surface area contributed by atoms with Crippen LogP contribution in [0, 0.1) is 6.92 Å². The number of aromatic nitrogens is 2. The van der Waals surface area contributed by atoms with Gasteiger partial charge in [0.1, 0.15) is 6.10 Å². The molecular formula is C7H10N2O. The second-order valence-corrected chi connectivity index (χ2v) is 2.75. The molecular weight excluding hydrogens is 128 g/mol. The van der Waals surface area contributed by atoms with E-state index in [2.05, 4.69) is 4.98 Å².